The minimum Gasteiger partial charge on any atom is -0.486 e. The number of pyridine rings is 8. The van der Waals surface area contributed by atoms with Gasteiger partial charge in [-0.1, -0.05) is 165 Å². The number of benzene rings is 6. The number of aromatic nitrogens is 10. The second-order valence-corrected chi connectivity index (χ2v) is 39.7. The summed E-state index contributed by atoms with van der Waals surface area (Å²) in [6.45, 7) is 41.7. The fraction of sp³-hybridized carbons (Fsp3) is 0.315. The Labute approximate surface area is 817 Å². The van der Waals surface area contributed by atoms with E-state index in [4.69, 9.17) is 47.9 Å². The van der Waals surface area contributed by atoms with Gasteiger partial charge in [-0.25, -0.2) is 27.5 Å². The Balaban J connectivity index is 0.000000134. The van der Waals surface area contributed by atoms with Crippen LogP contribution in [0.1, 0.15) is 163 Å². The molecule has 29 heteroatoms. The summed E-state index contributed by atoms with van der Waals surface area (Å²) in [5.74, 6) is -3.03. The maximum absolute atomic E-state index is 17.7. The summed E-state index contributed by atoms with van der Waals surface area (Å²) in [6, 6.07) is 35.0. The van der Waals surface area contributed by atoms with Crippen molar-refractivity contribution in [2.45, 2.75) is 183 Å². The molecule has 6 aliphatic rings. The number of aryl methyl sites for hydroxylation is 3. The van der Waals surface area contributed by atoms with Crippen LogP contribution in [0.25, 0.3) is 116 Å². The molecule has 23 nitrogen and oxygen atoms in total. The molecule has 0 radical (unpaired) electrons. The number of amides is 3. The van der Waals surface area contributed by atoms with Crippen LogP contribution in [-0.2, 0) is 27.2 Å². The second kappa shape index (κ2) is 37.2. The third kappa shape index (κ3) is 15.8. The molecule has 6 aromatic carbocycles. The fourth-order valence-corrected chi connectivity index (χ4v) is 22.7. The number of rotatable bonds is 13. The van der Waals surface area contributed by atoms with Crippen molar-refractivity contribution in [1.29, 1.82) is 0 Å². The topological polar surface area (TPSA) is 239 Å². The van der Waals surface area contributed by atoms with E-state index in [0.29, 0.717) is 197 Å². The van der Waals surface area contributed by atoms with E-state index >= 15 is 17.6 Å². The number of halogens is 6. The maximum Gasteiger partial charge on any atom is 0.301 e. The number of carbonyl (C=O) groups excluding carboxylic acids is 3. The molecule has 3 saturated heterocycles. The zero-order valence-corrected chi connectivity index (χ0v) is 82.1. The number of nitrogens with zero attached hydrogens (tertiary/aromatic N) is 15. The molecule has 0 aliphatic carbocycles. The third-order valence-electron chi connectivity index (χ3n) is 28.8. The van der Waals surface area contributed by atoms with E-state index < -0.39 is 28.8 Å². The van der Waals surface area contributed by atoms with Crippen LogP contribution < -0.4 is 36.1 Å². The van der Waals surface area contributed by atoms with Gasteiger partial charge in [-0.05, 0) is 184 Å². The molecule has 6 unspecified atom stereocenters. The molecular formula is C111H108Cl2F4N16O7. The molecule has 6 aliphatic heterocycles. The number of nitrogens with one attached hydrogen (secondary N) is 1. The van der Waals surface area contributed by atoms with Crippen molar-refractivity contribution < 1.29 is 36.7 Å². The Morgan fingerprint density at radius 1 is 0.471 bits per heavy atom. The van der Waals surface area contributed by atoms with Crippen molar-refractivity contribution in [2.24, 2.45) is 0 Å². The number of hydrogen-bond donors (Lipinski definition) is 1. The van der Waals surface area contributed by atoms with Gasteiger partial charge < -0.3 is 34.1 Å². The minimum atomic E-state index is -0.818. The van der Waals surface area contributed by atoms with Gasteiger partial charge in [0.1, 0.15) is 34.5 Å². The number of ether oxygens (including phenoxy) is 1. The molecule has 716 valence electrons. The van der Waals surface area contributed by atoms with E-state index in [2.05, 4.69) is 49.6 Å². The summed E-state index contributed by atoms with van der Waals surface area (Å²) >= 11 is 13.4. The van der Waals surface area contributed by atoms with Gasteiger partial charge in [0.05, 0.1) is 92.7 Å². The van der Waals surface area contributed by atoms with Crippen LogP contribution in [0, 0.1) is 44.0 Å². The number of aromatic amines is 1. The highest BCUT2D eigenvalue weighted by molar-refractivity contribution is 6.37. The van der Waals surface area contributed by atoms with Crippen LogP contribution in [-0.4, -0.2) is 163 Å². The van der Waals surface area contributed by atoms with E-state index in [1.807, 2.05) is 181 Å². The molecule has 15 aromatic rings. The van der Waals surface area contributed by atoms with E-state index in [1.54, 1.807) is 68.0 Å². The first-order valence-electron chi connectivity index (χ1n) is 47.7. The molecule has 0 saturated carbocycles. The Hall–Kier alpha value is -14.2. The lowest BCUT2D eigenvalue weighted by molar-refractivity contribution is -0.129. The zero-order chi connectivity index (χ0) is 99.1. The standard InChI is InChI=1S/C37H35ClFN5O3.C37H35ClFN5O2.C37H38F2N6O2/c1-6-29(45)42-19-24-14-16-47-35-34(43(24)18-22(42)5)26-17-28(39)32(25-11-7-9-23-10-8-12-27(38)30(23)25)41-36(26)44(37(35)46)33-21(4)13-15-40-31(33)20(2)3;1-6-30(45)42-19-24-13-14-26-35(43(24)18-22(42)5)27-17-29(39)33(25-11-7-9-23-10-8-12-28(38)31(23)25)41-36(27)44(37(26)46)34-21(4)15-16-40-32(34)20(2)3;1-8-29(46)43-17-22-13-25-34(44(22)16-21(43)7)24-14-27(38)31(30-20(6)9-10-28-26(30)15-41-42-28)32(39)35(24)45(37(25)47)36-23(18(2)3)11-12-40-33(36)19(4)5/h6-13,15,17,20,22,24H,1,14,16,18-19H2,2-5H3;6-12,15-17,20,22,24H,1,13-14,18-19H2,2-5H3;8-12,14-15,18-19,21-22H,1,13,16-17H2,2-7H3,(H,41,42). The summed E-state index contributed by atoms with van der Waals surface area (Å²) in [4.78, 5) is 119. The largest absolute Gasteiger partial charge is 0.486 e. The van der Waals surface area contributed by atoms with Crippen LogP contribution >= 0.6 is 23.2 Å². The number of anilines is 3. The number of H-pyrrole nitrogens is 1. The minimum absolute atomic E-state index is 0.0137. The lowest BCUT2D eigenvalue weighted by atomic mass is 9.91. The highest BCUT2D eigenvalue weighted by Crippen LogP contribution is 2.50. The predicted molar refractivity (Wildman–Crippen MR) is 549 cm³/mol. The average molecular weight is 1930 g/mol. The fourth-order valence-electron chi connectivity index (χ4n) is 22.1. The number of hydrogen-bond acceptors (Lipinski definition) is 16. The Morgan fingerprint density at radius 2 is 0.921 bits per heavy atom. The summed E-state index contributed by atoms with van der Waals surface area (Å²) in [5, 5.41) is 13.0. The van der Waals surface area contributed by atoms with Crippen molar-refractivity contribution in [2.75, 3.05) is 60.6 Å². The molecule has 6 atom stereocenters. The Kier molecular flexibility index (Phi) is 25.2. The second-order valence-electron chi connectivity index (χ2n) is 38.9. The van der Waals surface area contributed by atoms with Crippen LogP contribution in [0.3, 0.4) is 0 Å². The molecule has 140 heavy (non-hydrogen) atoms. The summed E-state index contributed by atoms with van der Waals surface area (Å²) in [6.07, 6.45) is 12.8. The van der Waals surface area contributed by atoms with Gasteiger partial charge in [-0.3, -0.25) is 62.5 Å². The lowest BCUT2D eigenvalue weighted by Crippen LogP contribution is -2.60. The molecule has 0 bridgehead atoms. The van der Waals surface area contributed by atoms with E-state index in [-0.39, 0.29) is 129 Å². The smallest absolute Gasteiger partial charge is 0.301 e. The van der Waals surface area contributed by atoms with E-state index in [9.17, 15) is 28.8 Å². The predicted octanol–water partition coefficient (Wildman–Crippen LogP) is 21.5. The molecule has 9 aromatic heterocycles. The van der Waals surface area contributed by atoms with Gasteiger partial charge in [0.25, 0.3) is 11.1 Å². The monoisotopic (exact) mass is 1920 g/mol. The SMILES string of the molecule is C=CC(=O)N1CC2CCOc3c(c4cc(F)c(-c5cccc6cccc(Cl)c56)nc4n(-c4c(C)ccnc4C(C)C)c3=O)N2CC1C.C=CC(=O)N1CC2CCc3c(c4cc(F)c(-c5cccc6cccc(Cl)c56)nc4n(-c4c(C)ccnc4C(C)C)c3=O)N2CC1C.C=CC(=O)N1CC2Cc3c(c4cc(F)c(-c5c(C)ccc6[nH]ncc56)c(F)c4n(-c4c(C(C)C)ccnc4C(C)C)c3=O)N2CC1C. The van der Waals surface area contributed by atoms with Crippen molar-refractivity contribution >= 4 is 123 Å². The van der Waals surface area contributed by atoms with E-state index in [1.165, 1.54) is 41.0 Å². The van der Waals surface area contributed by atoms with Crippen molar-refractivity contribution in [3.8, 4) is 56.5 Å². The zero-order valence-electron chi connectivity index (χ0n) is 80.6. The van der Waals surface area contributed by atoms with Gasteiger partial charge in [-0.15, -0.1) is 0 Å². The van der Waals surface area contributed by atoms with Crippen LogP contribution in [0.15, 0.2) is 198 Å². The molecule has 21 rings (SSSR count). The summed E-state index contributed by atoms with van der Waals surface area (Å²) < 4.78 is 78.5. The first-order chi connectivity index (χ1) is 67.1. The number of fused-ring (bicyclic) bond motifs is 18. The maximum atomic E-state index is 17.7. The van der Waals surface area contributed by atoms with E-state index in [0.717, 1.165) is 33.2 Å². The number of carbonyl (C=O) groups is 3. The summed E-state index contributed by atoms with van der Waals surface area (Å²) in [7, 11) is 0. The van der Waals surface area contributed by atoms with Crippen molar-refractivity contribution in [3.63, 3.8) is 0 Å². The summed E-state index contributed by atoms with van der Waals surface area (Å²) in [5.41, 5.74) is 11.8. The van der Waals surface area contributed by atoms with Crippen LogP contribution in [0.5, 0.6) is 5.75 Å². The lowest BCUT2D eigenvalue weighted by Gasteiger charge is -2.49. The Morgan fingerprint density at radius 3 is 1.44 bits per heavy atom. The normalized spacial score (nSPS) is 17.7. The molecule has 0 spiro atoms. The quantitative estimate of drug-likeness (QED) is 0.0834. The Bertz CT molecular complexity index is 7910. The van der Waals surface area contributed by atoms with Gasteiger partial charge in [0, 0.05) is 165 Å². The molecule has 1 N–H and O–H groups in total. The van der Waals surface area contributed by atoms with Gasteiger partial charge in [-0.2, -0.15) is 5.10 Å². The first kappa shape index (κ1) is 94.8. The molecule has 3 fully saturated rings. The molecule has 3 amide bonds. The van der Waals surface area contributed by atoms with Crippen LogP contribution in [0.4, 0.5) is 34.6 Å². The molecule has 15 heterocycles. The van der Waals surface area contributed by atoms with Gasteiger partial charge >= 0.3 is 5.56 Å². The number of piperazine rings is 3. The van der Waals surface area contributed by atoms with Gasteiger partial charge in [0.15, 0.2) is 11.5 Å². The third-order valence-corrected chi connectivity index (χ3v) is 29.4. The first-order valence-corrected chi connectivity index (χ1v) is 48.5. The van der Waals surface area contributed by atoms with Gasteiger partial charge in [0.2, 0.25) is 23.5 Å². The average Bonchev–Trinajstić information content (AvgIpc) is 1.07. The highest BCUT2D eigenvalue weighted by Gasteiger charge is 2.46. The van der Waals surface area contributed by atoms with Crippen LogP contribution in [0.2, 0.25) is 10.0 Å². The van der Waals surface area contributed by atoms with Crippen molar-refractivity contribution in [1.82, 2.24) is 63.5 Å². The van der Waals surface area contributed by atoms with Crippen molar-refractivity contribution in [3.05, 3.63) is 299 Å². The highest BCUT2D eigenvalue weighted by atomic mass is 35.5. The molecular weight excluding hydrogens is 1820 g/mol.